The van der Waals surface area contributed by atoms with E-state index < -0.39 is 5.54 Å². The van der Waals surface area contributed by atoms with Crippen LogP contribution in [0.2, 0.25) is 0 Å². The predicted molar refractivity (Wildman–Crippen MR) is 101 cm³/mol. The van der Waals surface area contributed by atoms with Gasteiger partial charge < -0.3 is 21.1 Å². The van der Waals surface area contributed by atoms with Crippen molar-refractivity contribution in [2.45, 2.75) is 36.9 Å². The minimum atomic E-state index is -0.480. The molecular weight excluding hydrogens is 329 g/mol. The molecule has 26 heavy (non-hydrogen) atoms. The largest absolute Gasteiger partial charge is 0.508 e. The zero-order chi connectivity index (χ0) is 18.3. The molecule has 1 unspecified atom stereocenters. The minimum Gasteiger partial charge on any atom is -0.508 e. The predicted octanol–water partition coefficient (Wildman–Crippen LogP) is 2.15. The maximum atomic E-state index is 13.1. The van der Waals surface area contributed by atoms with Gasteiger partial charge in [0.2, 0.25) is 0 Å². The number of nitrogens with two attached hydrogens (primary N) is 1. The fourth-order valence-corrected chi connectivity index (χ4v) is 4.60. The molecule has 0 aromatic heterocycles. The number of halogens is 1. The van der Waals surface area contributed by atoms with E-state index in [1.54, 1.807) is 6.07 Å². The molecule has 4 N–H and O–H groups in total. The summed E-state index contributed by atoms with van der Waals surface area (Å²) in [5.74, 6) is 0.0680. The Labute approximate surface area is 153 Å². The molecule has 1 saturated heterocycles. The lowest BCUT2D eigenvalue weighted by Crippen LogP contribution is -2.70. The van der Waals surface area contributed by atoms with Crippen molar-refractivity contribution in [3.05, 3.63) is 65.0 Å². The second-order valence-corrected chi connectivity index (χ2v) is 7.69. The summed E-state index contributed by atoms with van der Waals surface area (Å²) in [6, 6.07) is 12.7. The summed E-state index contributed by atoms with van der Waals surface area (Å²) in [4.78, 5) is 2.39. The molecule has 0 spiro atoms. The number of phenolic OH excluding ortho intramolecular Hbond substituents is 1. The first-order valence-corrected chi connectivity index (χ1v) is 9.27. The van der Waals surface area contributed by atoms with Crippen LogP contribution in [0.15, 0.2) is 42.5 Å². The summed E-state index contributed by atoms with van der Waals surface area (Å²) >= 11 is 0. The zero-order valence-electron chi connectivity index (χ0n) is 15.1. The number of hydrogen-bond acceptors (Lipinski definition) is 4. The van der Waals surface area contributed by atoms with Crippen LogP contribution in [0, 0.1) is 5.82 Å². The molecule has 0 radical (unpaired) electrons. The Kier molecular flexibility index (Phi) is 4.47. The van der Waals surface area contributed by atoms with E-state index in [-0.39, 0.29) is 17.6 Å². The summed E-state index contributed by atoms with van der Waals surface area (Å²) in [6.07, 6.45) is 2.61. The van der Waals surface area contributed by atoms with Gasteiger partial charge in [-0.3, -0.25) is 0 Å². The van der Waals surface area contributed by atoms with E-state index in [9.17, 15) is 9.50 Å². The number of rotatable bonds is 4. The molecule has 1 aliphatic carbocycles. The Morgan fingerprint density at radius 2 is 2.04 bits per heavy atom. The van der Waals surface area contributed by atoms with Crippen molar-refractivity contribution in [3.8, 4) is 5.75 Å². The molecule has 1 fully saturated rings. The number of phenols is 1. The Balaban J connectivity index is 1.55. The minimum absolute atomic E-state index is 0.121. The van der Waals surface area contributed by atoms with E-state index in [0.29, 0.717) is 6.04 Å². The first kappa shape index (κ1) is 17.5. The van der Waals surface area contributed by atoms with Gasteiger partial charge in [0.15, 0.2) is 0 Å². The Hall–Kier alpha value is -1.95. The van der Waals surface area contributed by atoms with Gasteiger partial charge in [-0.25, -0.2) is 4.39 Å². The van der Waals surface area contributed by atoms with Crippen molar-refractivity contribution in [2.75, 3.05) is 20.1 Å². The van der Waals surface area contributed by atoms with Crippen molar-refractivity contribution < 1.29 is 9.50 Å². The van der Waals surface area contributed by atoms with Gasteiger partial charge in [-0.1, -0.05) is 18.2 Å². The number of piperidine rings is 1. The van der Waals surface area contributed by atoms with Gasteiger partial charge in [-0.2, -0.15) is 0 Å². The second-order valence-electron chi connectivity index (χ2n) is 7.69. The van der Waals surface area contributed by atoms with Gasteiger partial charge >= 0.3 is 0 Å². The summed E-state index contributed by atoms with van der Waals surface area (Å²) in [7, 11) is 2.16. The Bertz CT molecular complexity index is 794. The molecule has 2 aromatic carbocycles. The molecule has 1 aliphatic heterocycles. The van der Waals surface area contributed by atoms with Crippen LogP contribution < -0.4 is 11.1 Å². The van der Waals surface area contributed by atoms with Gasteiger partial charge in [0.05, 0.1) is 5.54 Å². The highest BCUT2D eigenvalue weighted by molar-refractivity contribution is 5.45. The van der Waals surface area contributed by atoms with Crippen LogP contribution in [0.5, 0.6) is 5.75 Å². The van der Waals surface area contributed by atoms with Crippen LogP contribution in [-0.4, -0.2) is 42.2 Å². The smallest absolute Gasteiger partial charge is 0.123 e. The fraction of sp³-hybridized carbons (Fsp3) is 0.429. The number of nitrogens with one attached hydrogen (secondary N) is 1. The fourth-order valence-electron chi connectivity index (χ4n) is 4.60. The molecule has 0 amide bonds. The van der Waals surface area contributed by atoms with E-state index in [4.69, 9.17) is 5.73 Å². The normalized spacial score (nSPS) is 28.0. The van der Waals surface area contributed by atoms with Crippen molar-refractivity contribution in [3.63, 3.8) is 0 Å². The van der Waals surface area contributed by atoms with Crippen molar-refractivity contribution in [1.29, 1.82) is 0 Å². The van der Waals surface area contributed by atoms with E-state index in [1.165, 1.54) is 17.7 Å². The summed E-state index contributed by atoms with van der Waals surface area (Å²) < 4.78 is 13.1. The highest BCUT2D eigenvalue weighted by Gasteiger charge is 2.50. The first-order valence-electron chi connectivity index (χ1n) is 9.27. The SMILES string of the molecule is CN1CC[C@@]2(N)c3cc(O)ccc3C[C@@H]1C2NCCc1ccc(F)cc1. The number of likely N-dealkylation sites (tertiary alicyclic amines) is 1. The maximum Gasteiger partial charge on any atom is 0.123 e. The number of aromatic hydroxyl groups is 1. The lowest BCUT2D eigenvalue weighted by molar-refractivity contribution is 0.0600. The zero-order valence-corrected chi connectivity index (χ0v) is 15.1. The van der Waals surface area contributed by atoms with Gasteiger partial charge in [0.25, 0.3) is 0 Å². The number of benzene rings is 2. The average Bonchev–Trinajstić information content (AvgIpc) is 2.62. The van der Waals surface area contributed by atoms with E-state index in [1.807, 2.05) is 24.3 Å². The maximum absolute atomic E-state index is 13.1. The highest BCUT2D eigenvalue weighted by atomic mass is 19.1. The molecule has 0 saturated carbocycles. The molecule has 4 rings (SSSR count). The van der Waals surface area contributed by atoms with Crippen LogP contribution in [-0.2, 0) is 18.4 Å². The number of fused-ring (bicyclic) bond motifs is 4. The third-order valence-corrected chi connectivity index (χ3v) is 6.10. The average molecular weight is 355 g/mol. The van der Waals surface area contributed by atoms with Gasteiger partial charge in [0, 0.05) is 18.6 Å². The quantitative estimate of drug-likeness (QED) is 0.786. The number of nitrogens with zero attached hydrogens (tertiary/aromatic N) is 1. The second kappa shape index (κ2) is 6.65. The molecule has 3 atom stereocenters. The number of likely N-dealkylation sites (N-methyl/N-ethyl adjacent to an activating group) is 1. The van der Waals surface area contributed by atoms with E-state index >= 15 is 0 Å². The van der Waals surface area contributed by atoms with Crippen molar-refractivity contribution in [1.82, 2.24) is 10.2 Å². The van der Waals surface area contributed by atoms with Crippen molar-refractivity contribution >= 4 is 0 Å². The number of hydrogen-bond donors (Lipinski definition) is 3. The molecule has 1 heterocycles. The van der Waals surface area contributed by atoms with Crippen LogP contribution in [0.3, 0.4) is 0 Å². The van der Waals surface area contributed by atoms with Crippen LogP contribution in [0.4, 0.5) is 4.39 Å². The lowest BCUT2D eigenvalue weighted by atomic mass is 9.66. The summed E-state index contributed by atoms with van der Waals surface area (Å²) in [6.45, 7) is 1.74. The Morgan fingerprint density at radius 1 is 1.27 bits per heavy atom. The van der Waals surface area contributed by atoms with E-state index in [0.717, 1.165) is 43.5 Å². The lowest BCUT2D eigenvalue weighted by Gasteiger charge is -2.54. The van der Waals surface area contributed by atoms with Crippen molar-refractivity contribution in [2.24, 2.45) is 5.73 Å². The summed E-state index contributed by atoms with van der Waals surface area (Å²) in [5.41, 5.74) is 9.87. The Morgan fingerprint density at radius 3 is 2.81 bits per heavy atom. The van der Waals surface area contributed by atoms with Crippen LogP contribution in [0.25, 0.3) is 0 Å². The summed E-state index contributed by atoms with van der Waals surface area (Å²) in [5, 5.41) is 13.6. The third kappa shape index (κ3) is 3.00. The molecule has 2 bridgehead atoms. The molecule has 5 heteroatoms. The van der Waals surface area contributed by atoms with Crippen LogP contribution in [0.1, 0.15) is 23.1 Å². The molecular formula is C21H26FN3O. The van der Waals surface area contributed by atoms with E-state index in [2.05, 4.69) is 17.3 Å². The van der Waals surface area contributed by atoms with Gasteiger partial charge in [-0.15, -0.1) is 0 Å². The molecule has 2 aliphatic rings. The monoisotopic (exact) mass is 355 g/mol. The molecule has 2 aromatic rings. The molecule has 4 nitrogen and oxygen atoms in total. The van der Waals surface area contributed by atoms with Gasteiger partial charge in [0.1, 0.15) is 11.6 Å². The standard InChI is InChI=1S/C21H26FN3O/c1-25-11-9-21(23)18-13-17(26)7-4-15(18)12-19(25)20(21)24-10-8-14-2-5-16(22)6-3-14/h2-7,13,19-20,24,26H,8-12,23H2,1H3/t19-,20?,21-/m1/s1. The third-order valence-electron chi connectivity index (χ3n) is 6.10. The first-order chi connectivity index (χ1) is 12.5. The molecule has 138 valence electrons. The highest BCUT2D eigenvalue weighted by Crippen LogP contribution is 2.42. The van der Waals surface area contributed by atoms with Gasteiger partial charge in [-0.05, 0) is 73.8 Å². The topological polar surface area (TPSA) is 61.5 Å². The van der Waals surface area contributed by atoms with Crippen LogP contribution >= 0.6 is 0 Å².